The lowest BCUT2D eigenvalue weighted by molar-refractivity contribution is -0.124. The topological polar surface area (TPSA) is 180 Å². The molecular weight excluding hydrogens is 791 g/mol. The van der Waals surface area contributed by atoms with Gasteiger partial charge in [-0.25, -0.2) is 18.8 Å². The fourth-order valence-corrected chi connectivity index (χ4v) is 5.73. The molecule has 4 aromatic rings. The first kappa shape index (κ1) is 48.8. The largest absolute Gasteiger partial charge is 0.485 e. The number of H-pyrrole nitrogens is 1. The minimum Gasteiger partial charge on any atom is -0.485 e. The molecule has 3 aromatic heterocycles. The molecular formula is C42H52F3N5O10. The number of carbonyl (C=O) groups excluding carboxylic acids is 4. The van der Waals surface area contributed by atoms with Crippen LogP contribution in [0.2, 0.25) is 0 Å². The third kappa shape index (κ3) is 15.3. The number of unbranched alkanes of at least 4 members (excludes halogenated alkanes) is 1. The number of aromatic amines is 1. The van der Waals surface area contributed by atoms with Gasteiger partial charge in [-0.15, -0.1) is 0 Å². The number of aromatic nitrogens is 3. The Morgan fingerprint density at radius 2 is 1.45 bits per heavy atom. The molecule has 1 unspecified atom stereocenters. The first-order valence-electron chi connectivity index (χ1n) is 19.2. The van der Waals surface area contributed by atoms with Crippen LogP contribution in [0.3, 0.4) is 0 Å². The molecule has 0 bridgehead atoms. The van der Waals surface area contributed by atoms with Gasteiger partial charge in [0.25, 0.3) is 0 Å². The summed E-state index contributed by atoms with van der Waals surface area (Å²) >= 11 is 0. The number of nitrogens with one attached hydrogen (secondary N) is 2. The molecule has 1 aliphatic carbocycles. The monoisotopic (exact) mass is 843 g/mol. The smallest absolute Gasteiger partial charge is 0.234 e. The first-order chi connectivity index (χ1) is 29.2. The van der Waals surface area contributed by atoms with Gasteiger partial charge in [-0.05, 0) is 24.5 Å². The van der Waals surface area contributed by atoms with Crippen LogP contribution in [0.25, 0.3) is 17.0 Å². The predicted octanol–water partition coefficient (Wildman–Crippen LogP) is 5.46. The molecule has 0 saturated heterocycles. The Balaban J connectivity index is 0.000000702. The maximum absolute atomic E-state index is 14.2. The molecule has 0 fully saturated rings. The lowest BCUT2D eigenvalue weighted by atomic mass is 9.89. The van der Waals surface area contributed by atoms with Crippen LogP contribution in [0, 0.1) is 17.5 Å². The summed E-state index contributed by atoms with van der Waals surface area (Å²) in [7, 11) is 3.62. The zero-order valence-electron chi connectivity index (χ0n) is 34.0. The van der Waals surface area contributed by atoms with Gasteiger partial charge >= 0.3 is 0 Å². The zero-order chi connectivity index (χ0) is 43.7. The number of hydrogen-bond acceptors (Lipinski definition) is 13. The van der Waals surface area contributed by atoms with Gasteiger partial charge in [0.05, 0.1) is 64.0 Å². The highest BCUT2D eigenvalue weighted by atomic mass is 19.2. The summed E-state index contributed by atoms with van der Waals surface area (Å²) in [5.74, 6) is -5.04. The lowest BCUT2D eigenvalue weighted by Crippen LogP contribution is -2.35. The summed E-state index contributed by atoms with van der Waals surface area (Å²) in [4.78, 5) is 52.8. The van der Waals surface area contributed by atoms with Crippen molar-refractivity contribution in [3.8, 4) is 11.6 Å². The van der Waals surface area contributed by atoms with E-state index >= 15 is 0 Å². The Morgan fingerprint density at radius 3 is 2.02 bits per heavy atom. The highest BCUT2D eigenvalue weighted by molar-refractivity contribution is 5.92. The van der Waals surface area contributed by atoms with Gasteiger partial charge in [-0.2, -0.15) is 4.39 Å². The summed E-state index contributed by atoms with van der Waals surface area (Å²) in [6.07, 6.45) is 13.2. The number of halogens is 3. The predicted molar refractivity (Wildman–Crippen MR) is 216 cm³/mol. The van der Waals surface area contributed by atoms with Gasteiger partial charge in [0.2, 0.25) is 17.6 Å². The van der Waals surface area contributed by atoms with Gasteiger partial charge in [-0.3, -0.25) is 24.8 Å². The zero-order valence-corrected chi connectivity index (χ0v) is 34.0. The maximum Gasteiger partial charge on any atom is 0.234 e. The third-order valence-electron chi connectivity index (χ3n) is 8.59. The second-order valence-electron chi connectivity index (χ2n) is 13.1. The average molecular weight is 844 g/mol. The van der Waals surface area contributed by atoms with Crippen molar-refractivity contribution < 1.29 is 60.8 Å². The second kappa shape index (κ2) is 27.3. The van der Waals surface area contributed by atoms with Crippen molar-refractivity contribution in [1.29, 1.82) is 0 Å². The number of pyridine rings is 2. The SMILES string of the molecule is C=O.CCCCC(=O)NN(C)C.O=Cc1c(F)c(F)c(OCCOCCOCCOCCOCCOc2ccc(C3C=Cc4c([nH]c5ccncc45)C3)cn2)c(F)c1C=O. The molecule has 1 aromatic carbocycles. The number of benzene rings is 1. The second-order valence-corrected chi connectivity index (χ2v) is 13.1. The first-order valence-corrected chi connectivity index (χ1v) is 19.2. The number of amides is 1. The molecule has 5 rings (SSSR count). The van der Waals surface area contributed by atoms with E-state index in [0.717, 1.165) is 35.7 Å². The van der Waals surface area contributed by atoms with E-state index in [1.54, 1.807) is 11.2 Å². The number of hydrazine groups is 1. The van der Waals surface area contributed by atoms with Crippen LogP contribution in [0.1, 0.15) is 69.6 Å². The number of rotatable bonds is 24. The highest BCUT2D eigenvalue weighted by Crippen LogP contribution is 2.34. The molecule has 326 valence electrons. The van der Waals surface area contributed by atoms with E-state index in [0.29, 0.717) is 51.9 Å². The van der Waals surface area contributed by atoms with Crippen molar-refractivity contribution in [3.63, 3.8) is 0 Å². The van der Waals surface area contributed by atoms with Crippen LogP contribution < -0.4 is 14.9 Å². The van der Waals surface area contributed by atoms with Crippen LogP contribution in [0.5, 0.6) is 11.6 Å². The van der Waals surface area contributed by atoms with E-state index in [1.165, 1.54) is 11.3 Å². The molecule has 1 atom stereocenters. The van der Waals surface area contributed by atoms with Gasteiger partial charge in [0.1, 0.15) is 20.0 Å². The molecule has 0 aliphatic heterocycles. The van der Waals surface area contributed by atoms with Crippen molar-refractivity contribution in [1.82, 2.24) is 25.4 Å². The van der Waals surface area contributed by atoms with Crippen molar-refractivity contribution >= 4 is 42.2 Å². The Kier molecular flexibility index (Phi) is 22.2. The number of fused-ring (bicyclic) bond motifs is 3. The quantitative estimate of drug-likeness (QED) is 0.0393. The Hall–Kier alpha value is -5.53. The lowest BCUT2D eigenvalue weighted by Gasteiger charge is -2.17. The van der Waals surface area contributed by atoms with Crippen molar-refractivity contribution in [2.45, 2.75) is 38.5 Å². The number of allylic oxidation sites excluding steroid dienone is 1. The molecule has 2 N–H and O–H groups in total. The standard InChI is InChI=1S/C34H34F3N3O8.C7H16N2O.CH2O/c35-31-26(20-41)27(21-42)32(36)34(33(31)37)48-16-14-46-12-10-44-8-7-43-9-11-45-13-15-47-30-4-2-23(18-39-30)22-1-3-24-25-19-38-6-5-28(25)40-29(24)17-22;1-4-5-6-7(10)8-9(2)3;1-2/h1-6,18-22,40H,7-17H2;4-6H2,1-3H3,(H,8,10);1H2. The minimum absolute atomic E-state index is 0.0818. The average Bonchev–Trinajstić information content (AvgIpc) is 3.64. The molecule has 0 saturated carbocycles. The summed E-state index contributed by atoms with van der Waals surface area (Å²) in [6.45, 7) is 6.20. The summed E-state index contributed by atoms with van der Waals surface area (Å²) < 4.78 is 74.2. The van der Waals surface area contributed by atoms with Crippen LogP contribution in [-0.2, 0) is 35.0 Å². The number of hydrogen-bond donors (Lipinski definition) is 2. The number of aldehydes is 2. The van der Waals surface area contributed by atoms with Crippen molar-refractivity contribution in [3.05, 3.63) is 88.3 Å². The summed E-state index contributed by atoms with van der Waals surface area (Å²) in [5.41, 5.74) is 5.35. The molecule has 0 radical (unpaired) electrons. The highest BCUT2D eigenvalue weighted by Gasteiger charge is 2.26. The van der Waals surface area contributed by atoms with Crippen LogP contribution in [-0.4, -0.2) is 125 Å². The third-order valence-corrected chi connectivity index (χ3v) is 8.59. The van der Waals surface area contributed by atoms with Gasteiger partial charge in [-0.1, -0.05) is 31.6 Å². The van der Waals surface area contributed by atoms with Crippen LogP contribution >= 0.6 is 0 Å². The molecule has 1 amide bonds. The number of nitrogens with zero attached hydrogens (tertiary/aromatic N) is 3. The van der Waals surface area contributed by atoms with Crippen molar-refractivity contribution in [2.75, 3.05) is 80.2 Å². The normalized spacial score (nSPS) is 12.8. The van der Waals surface area contributed by atoms with E-state index in [-0.39, 0.29) is 50.8 Å². The van der Waals surface area contributed by atoms with E-state index in [1.807, 2.05) is 51.5 Å². The molecule has 60 heavy (non-hydrogen) atoms. The van der Waals surface area contributed by atoms with E-state index < -0.39 is 34.3 Å². The summed E-state index contributed by atoms with van der Waals surface area (Å²) in [5, 5.41) is 2.80. The Bertz CT molecular complexity index is 1960. The molecule has 18 heteroatoms. The molecule has 3 heterocycles. The van der Waals surface area contributed by atoms with Gasteiger partial charge in [0.15, 0.2) is 30.0 Å². The molecule has 0 spiro atoms. The van der Waals surface area contributed by atoms with Crippen molar-refractivity contribution in [2.24, 2.45) is 0 Å². The van der Waals surface area contributed by atoms with E-state index in [2.05, 4.69) is 39.5 Å². The fraction of sp³-hybridized carbons (Fsp3) is 0.429. The van der Waals surface area contributed by atoms with E-state index in [4.69, 9.17) is 33.2 Å². The number of ether oxygens (including phenoxy) is 6. The van der Waals surface area contributed by atoms with Crippen LogP contribution in [0.4, 0.5) is 13.2 Å². The van der Waals surface area contributed by atoms with E-state index in [9.17, 15) is 27.6 Å². The molecule has 1 aliphatic rings. The van der Waals surface area contributed by atoms with Crippen LogP contribution in [0.15, 0.2) is 42.9 Å². The Morgan fingerprint density at radius 1 is 0.850 bits per heavy atom. The summed E-state index contributed by atoms with van der Waals surface area (Å²) in [6, 6.07) is 5.88. The fourth-order valence-electron chi connectivity index (χ4n) is 5.73. The van der Waals surface area contributed by atoms with Gasteiger partial charge < -0.3 is 38.2 Å². The molecule has 15 nitrogen and oxygen atoms in total. The minimum atomic E-state index is -1.70. The maximum atomic E-state index is 14.2. The van der Waals surface area contributed by atoms with Gasteiger partial charge in [0, 0.05) is 73.3 Å². The number of carbonyl (C=O) groups is 4. The Labute approximate surface area is 346 Å².